The minimum atomic E-state index is -0.496. The standard InChI is InChI=1S/C14H19Cl2NO/c1-2-13(17-9-14(18)6-3-7-14)10-4-5-11(15)12(16)8-10/h4-5,8,13,17-18H,2-3,6-7,9H2,1H3. The van der Waals surface area contributed by atoms with Gasteiger partial charge in [-0.05, 0) is 43.4 Å². The van der Waals surface area contributed by atoms with E-state index in [2.05, 4.69) is 12.2 Å². The first kappa shape index (κ1) is 14.1. The lowest BCUT2D eigenvalue weighted by Crippen LogP contribution is -2.47. The largest absolute Gasteiger partial charge is 0.389 e. The highest BCUT2D eigenvalue weighted by atomic mass is 35.5. The highest BCUT2D eigenvalue weighted by Gasteiger charge is 2.34. The molecule has 1 unspecified atom stereocenters. The van der Waals surface area contributed by atoms with Crippen LogP contribution in [0.25, 0.3) is 0 Å². The second-order valence-electron chi connectivity index (χ2n) is 5.09. The minimum absolute atomic E-state index is 0.212. The molecule has 0 radical (unpaired) electrons. The molecule has 0 aromatic heterocycles. The molecule has 0 saturated heterocycles. The Labute approximate surface area is 118 Å². The molecule has 1 aliphatic carbocycles. The van der Waals surface area contributed by atoms with Gasteiger partial charge in [0.25, 0.3) is 0 Å². The van der Waals surface area contributed by atoms with Crippen molar-refractivity contribution in [1.29, 1.82) is 0 Å². The van der Waals surface area contributed by atoms with Crippen molar-refractivity contribution < 1.29 is 5.11 Å². The molecule has 0 amide bonds. The molecular weight excluding hydrogens is 269 g/mol. The van der Waals surface area contributed by atoms with Crippen LogP contribution in [0.1, 0.15) is 44.2 Å². The van der Waals surface area contributed by atoms with Gasteiger partial charge in [-0.1, -0.05) is 36.2 Å². The first-order chi connectivity index (χ1) is 8.54. The number of nitrogens with one attached hydrogen (secondary N) is 1. The van der Waals surface area contributed by atoms with Crippen molar-refractivity contribution in [3.05, 3.63) is 33.8 Å². The lowest BCUT2D eigenvalue weighted by Gasteiger charge is -2.38. The van der Waals surface area contributed by atoms with Crippen LogP contribution in [0, 0.1) is 0 Å². The molecule has 1 aromatic carbocycles. The van der Waals surface area contributed by atoms with Gasteiger partial charge < -0.3 is 10.4 Å². The molecule has 18 heavy (non-hydrogen) atoms. The van der Waals surface area contributed by atoms with E-state index in [1.807, 2.05) is 18.2 Å². The number of hydrogen-bond acceptors (Lipinski definition) is 2. The predicted octanol–water partition coefficient (Wildman–Crippen LogP) is 3.95. The molecule has 0 heterocycles. The molecule has 2 N–H and O–H groups in total. The lowest BCUT2D eigenvalue weighted by molar-refractivity contribution is -0.0333. The summed E-state index contributed by atoms with van der Waals surface area (Å²) in [4.78, 5) is 0. The Bertz CT molecular complexity index is 418. The average Bonchev–Trinajstić information content (AvgIpc) is 2.32. The van der Waals surface area contributed by atoms with Crippen LogP contribution >= 0.6 is 23.2 Å². The smallest absolute Gasteiger partial charge is 0.0771 e. The third-order valence-electron chi connectivity index (χ3n) is 3.72. The highest BCUT2D eigenvalue weighted by molar-refractivity contribution is 6.42. The highest BCUT2D eigenvalue weighted by Crippen LogP contribution is 2.32. The molecular formula is C14H19Cl2NO. The van der Waals surface area contributed by atoms with Crippen molar-refractivity contribution >= 4 is 23.2 Å². The van der Waals surface area contributed by atoms with Crippen LogP contribution in [0.5, 0.6) is 0 Å². The SMILES string of the molecule is CCC(NCC1(O)CCC1)c1ccc(Cl)c(Cl)c1. The second-order valence-corrected chi connectivity index (χ2v) is 5.91. The first-order valence-corrected chi connectivity index (χ1v) is 7.20. The summed E-state index contributed by atoms with van der Waals surface area (Å²) in [6, 6.07) is 5.92. The van der Waals surface area contributed by atoms with E-state index in [0.29, 0.717) is 16.6 Å². The van der Waals surface area contributed by atoms with Gasteiger partial charge in [0.15, 0.2) is 0 Å². The fourth-order valence-electron chi connectivity index (χ4n) is 2.30. The van der Waals surface area contributed by atoms with Crippen LogP contribution in [0.3, 0.4) is 0 Å². The summed E-state index contributed by atoms with van der Waals surface area (Å²) in [5.41, 5.74) is 0.624. The van der Waals surface area contributed by atoms with Gasteiger partial charge in [0.05, 0.1) is 15.6 Å². The van der Waals surface area contributed by atoms with Crippen LogP contribution in [-0.2, 0) is 0 Å². The summed E-state index contributed by atoms with van der Waals surface area (Å²) in [6.07, 6.45) is 3.88. The Hall–Kier alpha value is -0.280. The summed E-state index contributed by atoms with van der Waals surface area (Å²) < 4.78 is 0. The zero-order valence-electron chi connectivity index (χ0n) is 10.5. The topological polar surface area (TPSA) is 32.3 Å². The van der Waals surface area contributed by atoms with E-state index in [9.17, 15) is 5.11 Å². The third kappa shape index (κ3) is 3.18. The van der Waals surface area contributed by atoms with Crippen LogP contribution in [0.4, 0.5) is 0 Å². The fourth-order valence-corrected chi connectivity index (χ4v) is 2.61. The van der Waals surface area contributed by atoms with Gasteiger partial charge in [-0.15, -0.1) is 0 Å². The van der Waals surface area contributed by atoms with E-state index in [4.69, 9.17) is 23.2 Å². The van der Waals surface area contributed by atoms with Gasteiger partial charge in [0.1, 0.15) is 0 Å². The zero-order chi connectivity index (χ0) is 13.2. The predicted molar refractivity (Wildman–Crippen MR) is 76.3 cm³/mol. The molecule has 0 aliphatic heterocycles. The first-order valence-electron chi connectivity index (χ1n) is 6.45. The molecule has 0 bridgehead atoms. The quantitative estimate of drug-likeness (QED) is 0.860. The molecule has 1 atom stereocenters. The maximum absolute atomic E-state index is 10.1. The van der Waals surface area contributed by atoms with E-state index >= 15 is 0 Å². The Kier molecular flexibility index (Phi) is 4.54. The van der Waals surface area contributed by atoms with Crippen molar-refractivity contribution in [3.8, 4) is 0 Å². The van der Waals surface area contributed by atoms with Crippen molar-refractivity contribution in [3.63, 3.8) is 0 Å². The summed E-state index contributed by atoms with van der Waals surface area (Å²) in [5.74, 6) is 0. The van der Waals surface area contributed by atoms with Crippen molar-refractivity contribution in [1.82, 2.24) is 5.32 Å². The van der Waals surface area contributed by atoms with Crippen molar-refractivity contribution in [2.45, 2.75) is 44.2 Å². The molecule has 4 heteroatoms. The summed E-state index contributed by atoms with van der Waals surface area (Å²) in [7, 11) is 0. The fraction of sp³-hybridized carbons (Fsp3) is 0.571. The maximum Gasteiger partial charge on any atom is 0.0771 e. The van der Waals surface area contributed by atoms with Gasteiger partial charge in [-0.3, -0.25) is 0 Å². The van der Waals surface area contributed by atoms with Gasteiger partial charge in [0, 0.05) is 12.6 Å². The van der Waals surface area contributed by atoms with E-state index in [0.717, 1.165) is 31.2 Å². The Morgan fingerprint density at radius 1 is 1.33 bits per heavy atom. The minimum Gasteiger partial charge on any atom is -0.389 e. The maximum atomic E-state index is 10.1. The van der Waals surface area contributed by atoms with Crippen LogP contribution in [-0.4, -0.2) is 17.3 Å². The van der Waals surface area contributed by atoms with Crippen LogP contribution in [0.15, 0.2) is 18.2 Å². The number of hydrogen-bond donors (Lipinski definition) is 2. The Morgan fingerprint density at radius 3 is 2.56 bits per heavy atom. The van der Waals surface area contributed by atoms with Crippen molar-refractivity contribution in [2.24, 2.45) is 0 Å². The number of rotatable bonds is 5. The molecule has 2 rings (SSSR count). The van der Waals surface area contributed by atoms with Gasteiger partial charge >= 0.3 is 0 Å². The number of aliphatic hydroxyl groups is 1. The number of halogens is 2. The lowest BCUT2D eigenvalue weighted by atomic mass is 9.80. The summed E-state index contributed by atoms with van der Waals surface area (Å²) in [5, 5.41) is 14.7. The normalized spacial score (nSPS) is 19.3. The summed E-state index contributed by atoms with van der Waals surface area (Å²) >= 11 is 12.0. The molecule has 1 fully saturated rings. The molecule has 100 valence electrons. The Morgan fingerprint density at radius 2 is 2.06 bits per heavy atom. The monoisotopic (exact) mass is 287 g/mol. The third-order valence-corrected chi connectivity index (χ3v) is 4.46. The molecule has 2 nitrogen and oxygen atoms in total. The van der Waals surface area contributed by atoms with E-state index < -0.39 is 5.60 Å². The van der Waals surface area contributed by atoms with E-state index in [1.165, 1.54) is 0 Å². The summed E-state index contributed by atoms with van der Waals surface area (Å²) in [6.45, 7) is 2.76. The molecule has 1 aromatic rings. The average molecular weight is 288 g/mol. The van der Waals surface area contributed by atoms with Gasteiger partial charge in [-0.2, -0.15) is 0 Å². The molecule has 1 aliphatic rings. The van der Waals surface area contributed by atoms with E-state index in [1.54, 1.807) is 0 Å². The van der Waals surface area contributed by atoms with Crippen molar-refractivity contribution in [2.75, 3.05) is 6.54 Å². The second kappa shape index (κ2) is 5.79. The number of benzene rings is 1. The molecule has 0 spiro atoms. The zero-order valence-corrected chi connectivity index (χ0v) is 12.1. The van der Waals surface area contributed by atoms with Gasteiger partial charge in [-0.25, -0.2) is 0 Å². The van der Waals surface area contributed by atoms with Gasteiger partial charge in [0.2, 0.25) is 0 Å². The van der Waals surface area contributed by atoms with Crippen LogP contribution in [0.2, 0.25) is 10.0 Å². The Balaban J connectivity index is 2.01. The van der Waals surface area contributed by atoms with Crippen LogP contribution < -0.4 is 5.32 Å². The van der Waals surface area contributed by atoms with E-state index in [-0.39, 0.29) is 6.04 Å². The molecule has 1 saturated carbocycles.